The van der Waals surface area contributed by atoms with Crippen molar-refractivity contribution < 1.29 is 5.21 Å². The van der Waals surface area contributed by atoms with Gasteiger partial charge in [-0.15, -0.1) is 10.2 Å². The molecule has 0 unspecified atom stereocenters. The summed E-state index contributed by atoms with van der Waals surface area (Å²) in [5, 5.41) is 19.5. The molecule has 0 saturated carbocycles. The lowest BCUT2D eigenvalue weighted by Gasteiger charge is -2.28. The van der Waals surface area contributed by atoms with Crippen molar-refractivity contribution in [2.24, 2.45) is 10.9 Å². The minimum absolute atomic E-state index is 0.00457. The van der Waals surface area contributed by atoms with E-state index in [4.69, 9.17) is 10.9 Å². The van der Waals surface area contributed by atoms with Gasteiger partial charge in [0.2, 0.25) is 0 Å². The first-order valence-electron chi connectivity index (χ1n) is 5.83. The van der Waals surface area contributed by atoms with E-state index in [0.717, 1.165) is 24.6 Å². The van der Waals surface area contributed by atoms with E-state index in [1.807, 2.05) is 10.6 Å². The summed E-state index contributed by atoms with van der Waals surface area (Å²) in [4.78, 5) is 6.33. The molecule has 0 saturated heterocycles. The minimum Gasteiger partial charge on any atom is -0.409 e. The highest BCUT2D eigenvalue weighted by Crippen LogP contribution is 2.18. The van der Waals surface area contributed by atoms with Gasteiger partial charge in [0.15, 0.2) is 11.7 Å². The third kappa shape index (κ3) is 2.07. The van der Waals surface area contributed by atoms with Gasteiger partial charge < -0.3 is 20.4 Å². The van der Waals surface area contributed by atoms with Crippen LogP contribution in [0.2, 0.25) is 0 Å². The number of oxime groups is 1. The molecule has 3 rings (SSSR count). The van der Waals surface area contributed by atoms with Crippen molar-refractivity contribution in [3.63, 3.8) is 0 Å². The SMILES string of the molecule is N/C(=N/O)c1ccc(N2CCn3cnnc3C2)cn1. The van der Waals surface area contributed by atoms with Gasteiger partial charge in [-0.2, -0.15) is 0 Å². The van der Waals surface area contributed by atoms with Crippen LogP contribution in [-0.2, 0) is 13.1 Å². The molecule has 0 fully saturated rings. The van der Waals surface area contributed by atoms with E-state index in [2.05, 4.69) is 25.2 Å². The summed E-state index contributed by atoms with van der Waals surface area (Å²) in [5.41, 5.74) is 6.90. The molecule has 2 aromatic rings. The van der Waals surface area contributed by atoms with E-state index >= 15 is 0 Å². The molecule has 1 aliphatic heterocycles. The van der Waals surface area contributed by atoms with Gasteiger partial charge in [0.05, 0.1) is 18.4 Å². The fourth-order valence-corrected chi connectivity index (χ4v) is 2.06. The summed E-state index contributed by atoms with van der Waals surface area (Å²) in [6.07, 6.45) is 3.45. The monoisotopic (exact) mass is 259 g/mol. The molecule has 8 heteroatoms. The Morgan fingerprint density at radius 1 is 1.37 bits per heavy atom. The molecule has 3 heterocycles. The first kappa shape index (κ1) is 11.5. The first-order valence-corrected chi connectivity index (χ1v) is 5.83. The molecule has 8 nitrogen and oxygen atoms in total. The molecule has 0 aromatic carbocycles. The second kappa shape index (κ2) is 4.56. The molecule has 98 valence electrons. The normalized spacial score (nSPS) is 15.4. The molecule has 0 amide bonds. The zero-order chi connectivity index (χ0) is 13.2. The van der Waals surface area contributed by atoms with Crippen LogP contribution < -0.4 is 10.6 Å². The van der Waals surface area contributed by atoms with Crippen molar-refractivity contribution in [2.45, 2.75) is 13.1 Å². The van der Waals surface area contributed by atoms with E-state index in [1.165, 1.54) is 0 Å². The van der Waals surface area contributed by atoms with Crippen LogP contribution in [0.25, 0.3) is 0 Å². The zero-order valence-electron chi connectivity index (χ0n) is 10.1. The van der Waals surface area contributed by atoms with Gasteiger partial charge in [-0.3, -0.25) is 4.98 Å². The largest absolute Gasteiger partial charge is 0.409 e. The highest BCUT2D eigenvalue weighted by atomic mass is 16.4. The maximum Gasteiger partial charge on any atom is 0.188 e. The summed E-state index contributed by atoms with van der Waals surface area (Å²) in [5.74, 6) is 0.941. The highest BCUT2D eigenvalue weighted by molar-refractivity contribution is 5.95. The summed E-state index contributed by atoms with van der Waals surface area (Å²) < 4.78 is 2.04. The maximum absolute atomic E-state index is 8.59. The van der Waals surface area contributed by atoms with E-state index in [1.54, 1.807) is 18.6 Å². The quantitative estimate of drug-likeness (QED) is 0.334. The van der Waals surface area contributed by atoms with Crippen LogP contribution in [0.1, 0.15) is 11.5 Å². The number of fused-ring (bicyclic) bond motifs is 1. The zero-order valence-corrected chi connectivity index (χ0v) is 10.1. The van der Waals surface area contributed by atoms with Crippen molar-refractivity contribution in [1.82, 2.24) is 19.7 Å². The number of anilines is 1. The van der Waals surface area contributed by atoms with E-state index < -0.39 is 0 Å². The predicted molar refractivity (Wildman–Crippen MR) is 67.8 cm³/mol. The molecule has 0 spiro atoms. The second-order valence-corrected chi connectivity index (χ2v) is 4.25. The van der Waals surface area contributed by atoms with Gasteiger partial charge in [-0.1, -0.05) is 5.16 Å². The highest BCUT2D eigenvalue weighted by Gasteiger charge is 2.18. The van der Waals surface area contributed by atoms with Crippen molar-refractivity contribution in [3.8, 4) is 0 Å². The summed E-state index contributed by atoms with van der Waals surface area (Å²) >= 11 is 0. The average molecular weight is 259 g/mol. The van der Waals surface area contributed by atoms with Crippen LogP contribution in [0.15, 0.2) is 29.8 Å². The smallest absolute Gasteiger partial charge is 0.188 e. The molecule has 0 aliphatic carbocycles. The molecule has 1 aliphatic rings. The van der Waals surface area contributed by atoms with E-state index in [-0.39, 0.29) is 5.84 Å². The third-order valence-corrected chi connectivity index (χ3v) is 3.12. The number of hydrogen-bond donors (Lipinski definition) is 2. The molecule has 2 aromatic heterocycles. The molecular weight excluding hydrogens is 246 g/mol. The van der Waals surface area contributed by atoms with E-state index in [0.29, 0.717) is 12.2 Å². The van der Waals surface area contributed by atoms with Crippen LogP contribution in [0, 0.1) is 0 Å². The summed E-state index contributed by atoms with van der Waals surface area (Å²) in [6, 6.07) is 3.62. The van der Waals surface area contributed by atoms with Crippen LogP contribution in [0.3, 0.4) is 0 Å². The summed E-state index contributed by atoms with van der Waals surface area (Å²) in [6.45, 7) is 2.42. The fourth-order valence-electron chi connectivity index (χ4n) is 2.06. The lowest BCUT2D eigenvalue weighted by atomic mass is 10.2. The third-order valence-electron chi connectivity index (χ3n) is 3.12. The predicted octanol–water partition coefficient (Wildman–Crippen LogP) is -0.212. The molecular formula is C11H13N7O. The van der Waals surface area contributed by atoms with Crippen LogP contribution in [-0.4, -0.2) is 37.3 Å². The number of pyridine rings is 1. The Morgan fingerprint density at radius 3 is 3.00 bits per heavy atom. The van der Waals surface area contributed by atoms with Gasteiger partial charge in [0.25, 0.3) is 0 Å². The van der Waals surface area contributed by atoms with Gasteiger partial charge in [-0.05, 0) is 12.1 Å². The Kier molecular flexibility index (Phi) is 2.75. The number of amidine groups is 1. The van der Waals surface area contributed by atoms with Gasteiger partial charge in [0.1, 0.15) is 12.0 Å². The van der Waals surface area contributed by atoms with Crippen molar-refractivity contribution >= 4 is 11.5 Å². The van der Waals surface area contributed by atoms with Gasteiger partial charge in [0, 0.05) is 13.1 Å². The molecule has 0 bridgehead atoms. The van der Waals surface area contributed by atoms with Crippen LogP contribution in [0.4, 0.5) is 5.69 Å². The lowest BCUT2D eigenvalue weighted by molar-refractivity contribution is 0.318. The van der Waals surface area contributed by atoms with Crippen molar-refractivity contribution in [2.75, 3.05) is 11.4 Å². The average Bonchev–Trinajstić information content (AvgIpc) is 2.94. The van der Waals surface area contributed by atoms with Gasteiger partial charge in [-0.25, -0.2) is 0 Å². The second-order valence-electron chi connectivity index (χ2n) is 4.25. The maximum atomic E-state index is 8.59. The fraction of sp³-hybridized carbons (Fsp3) is 0.273. The molecule has 19 heavy (non-hydrogen) atoms. The Balaban J connectivity index is 1.81. The molecule has 0 radical (unpaired) electrons. The van der Waals surface area contributed by atoms with Crippen LogP contribution >= 0.6 is 0 Å². The Labute approximate surface area is 109 Å². The van der Waals surface area contributed by atoms with Crippen LogP contribution in [0.5, 0.6) is 0 Å². The Bertz CT molecular complexity index is 604. The number of nitrogens with two attached hydrogens (primary N) is 1. The van der Waals surface area contributed by atoms with Crippen molar-refractivity contribution in [1.29, 1.82) is 0 Å². The first-order chi connectivity index (χ1) is 9.28. The molecule has 3 N–H and O–H groups in total. The van der Waals surface area contributed by atoms with E-state index in [9.17, 15) is 0 Å². The summed E-state index contributed by atoms with van der Waals surface area (Å²) in [7, 11) is 0. The van der Waals surface area contributed by atoms with Crippen molar-refractivity contribution in [3.05, 3.63) is 36.2 Å². The number of aromatic nitrogens is 4. The Morgan fingerprint density at radius 2 is 2.26 bits per heavy atom. The topological polar surface area (TPSA) is 105 Å². The number of rotatable bonds is 2. The Hall–Kier alpha value is -2.64. The standard InChI is InChI=1S/C11H13N7O/c12-11(16-19)9-2-1-8(5-13-9)17-3-4-18-7-14-15-10(18)6-17/h1-2,5,7,19H,3-4,6H2,(H2,12,16). The minimum atomic E-state index is 0.00457. The lowest BCUT2D eigenvalue weighted by Crippen LogP contribution is -2.33. The van der Waals surface area contributed by atoms with Gasteiger partial charge >= 0.3 is 0 Å². The number of hydrogen-bond acceptors (Lipinski definition) is 6. The number of nitrogens with zero attached hydrogens (tertiary/aromatic N) is 6. The molecule has 0 atom stereocenters.